The molecule has 2 atom stereocenters. The summed E-state index contributed by atoms with van der Waals surface area (Å²) in [4.78, 5) is 0. The molecule has 0 aliphatic carbocycles. The summed E-state index contributed by atoms with van der Waals surface area (Å²) in [6.45, 7) is 14.4. The summed E-state index contributed by atoms with van der Waals surface area (Å²) in [5, 5.41) is 8.22. The topological polar surface area (TPSA) is 29.9 Å². The average Bonchev–Trinajstić information content (AvgIpc) is 2.66. The maximum Gasteiger partial charge on any atom is 0.0722 e. The summed E-state index contributed by atoms with van der Waals surface area (Å²) in [6, 6.07) is 0.544. The second-order valence-electron chi connectivity index (χ2n) is 6.48. The van der Waals surface area contributed by atoms with Gasteiger partial charge < -0.3 is 5.32 Å². The Bertz CT molecular complexity index is 374. The van der Waals surface area contributed by atoms with Gasteiger partial charge in [0.15, 0.2) is 0 Å². The van der Waals surface area contributed by atoms with Gasteiger partial charge in [-0.2, -0.15) is 5.10 Å². The van der Waals surface area contributed by atoms with Crippen LogP contribution in [0.5, 0.6) is 0 Å². The average molecular weight is 251 g/mol. The Kier molecular flexibility index (Phi) is 4.97. The quantitative estimate of drug-likeness (QED) is 0.870. The van der Waals surface area contributed by atoms with Gasteiger partial charge in [-0.15, -0.1) is 0 Å². The van der Waals surface area contributed by atoms with Gasteiger partial charge in [0.25, 0.3) is 0 Å². The van der Waals surface area contributed by atoms with Crippen molar-refractivity contribution in [1.82, 2.24) is 15.1 Å². The van der Waals surface area contributed by atoms with E-state index in [-0.39, 0.29) is 5.41 Å². The summed E-state index contributed by atoms with van der Waals surface area (Å²) in [5.74, 6) is 0.708. The lowest BCUT2D eigenvalue weighted by Crippen LogP contribution is -2.32. The van der Waals surface area contributed by atoms with E-state index in [0.29, 0.717) is 12.0 Å². The van der Waals surface area contributed by atoms with Gasteiger partial charge in [0.2, 0.25) is 0 Å². The fraction of sp³-hybridized carbons (Fsp3) is 0.800. The molecule has 0 saturated carbocycles. The molecule has 18 heavy (non-hydrogen) atoms. The predicted molar refractivity (Wildman–Crippen MR) is 77.7 cm³/mol. The molecule has 1 N–H and O–H groups in total. The minimum absolute atomic E-state index is 0.109. The zero-order chi connectivity index (χ0) is 13.9. The van der Waals surface area contributed by atoms with Crippen LogP contribution >= 0.6 is 0 Å². The monoisotopic (exact) mass is 251 g/mol. The van der Waals surface area contributed by atoms with Gasteiger partial charge in [0.05, 0.1) is 5.69 Å². The zero-order valence-corrected chi connectivity index (χ0v) is 13.0. The van der Waals surface area contributed by atoms with Crippen LogP contribution in [0, 0.1) is 5.92 Å². The number of aromatic nitrogens is 2. The van der Waals surface area contributed by atoms with Crippen molar-refractivity contribution in [3.05, 3.63) is 17.5 Å². The summed E-state index contributed by atoms with van der Waals surface area (Å²) in [7, 11) is 2.00. The SMILES string of the molecule is CCC(C)C(C)NCc1cn(C)nc1C(C)(C)C. The zero-order valence-electron chi connectivity index (χ0n) is 13.0. The highest BCUT2D eigenvalue weighted by molar-refractivity contribution is 5.23. The minimum Gasteiger partial charge on any atom is -0.310 e. The first-order valence-electron chi connectivity index (χ1n) is 7.02. The Morgan fingerprint density at radius 1 is 1.33 bits per heavy atom. The first-order valence-corrected chi connectivity index (χ1v) is 7.02. The van der Waals surface area contributed by atoms with E-state index in [1.165, 1.54) is 17.7 Å². The second kappa shape index (κ2) is 5.87. The Morgan fingerprint density at radius 3 is 2.44 bits per heavy atom. The van der Waals surface area contributed by atoms with Gasteiger partial charge in [-0.3, -0.25) is 4.68 Å². The molecule has 2 unspecified atom stereocenters. The van der Waals surface area contributed by atoms with Crippen LogP contribution in [0.1, 0.15) is 59.2 Å². The molecule has 0 aromatic carbocycles. The molecule has 0 bridgehead atoms. The maximum absolute atomic E-state index is 4.60. The van der Waals surface area contributed by atoms with Crippen LogP contribution < -0.4 is 5.32 Å². The van der Waals surface area contributed by atoms with Crippen molar-refractivity contribution in [2.24, 2.45) is 13.0 Å². The molecule has 3 nitrogen and oxygen atoms in total. The first-order chi connectivity index (χ1) is 8.25. The van der Waals surface area contributed by atoms with Crippen molar-refractivity contribution >= 4 is 0 Å². The lowest BCUT2D eigenvalue weighted by atomic mass is 9.89. The van der Waals surface area contributed by atoms with Crippen molar-refractivity contribution in [1.29, 1.82) is 0 Å². The maximum atomic E-state index is 4.60. The standard InChI is InChI=1S/C15H29N3/c1-8-11(2)12(3)16-9-13-10-18(7)17-14(13)15(4,5)6/h10-12,16H,8-9H2,1-7H3. The summed E-state index contributed by atoms with van der Waals surface area (Å²) < 4.78 is 1.92. The molecule has 1 aromatic heterocycles. The van der Waals surface area contributed by atoms with E-state index in [2.05, 4.69) is 58.2 Å². The Balaban J connectivity index is 2.73. The Morgan fingerprint density at radius 2 is 1.94 bits per heavy atom. The van der Waals surface area contributed by atoms with Crippen LogP contribution in [0.3, 0.4) is 0 Å². The van der Waals surface area contributed by atoms with E-state index in [4.69, 9.17) is 0 Å². The van der Waals surface area contributed by atoms with E-state index in [1.807, 2.05) is 11.7 Å². The number of nitrogens with zero attached hydrogens (tertiary/aromatic N) is 2. The number of nitrogens with one attached hydrogen (secondary N) is 1. The van der Waals surface area contributed by atoms with Crippen molar-refractivity contribution in [2.45, 2.75) is 66.0 Å². The Hall–Kier alpha value is -0.830. The van der Waals surface area contributed by atoms with Gasteiger partial charge in [0.1, 0.15) is 0 Å². The smallest absolute Gasteiger partial charge is 0.0722 e. The molecule has 1 aromatic rings. The lowest BCUT2D eigenvalue weighted by Gasteiger charge is -2.22. The molecule has 0 aliphatic heterocycles. The number of aryl methyl sites for hydroxylation is 1. The van der Waals surface area contributed by atoms with Crippen LogP contribution in [-0.2, 0) is 19.0 Å². The third-order valence-electron chi connectivity index (χ3n) is 3.73. The van der Waals surface area contributed by atoms with E-state index in [0.717, 1.165) is 6.54 Å². The van der Waals surface area contributed by atoms with Crippen LogP contribution in [0.15, 0.2) is 6.20 Å². The number of hydrogen-bond donors (Lipinski definition) is 1. The molecule has 0 saturated heterocycles. The van der Waals surface area contributed by atoms with Crippen LogP contribution in [0.2, 0.25) is 0 Å². The van der Waals surface area contributed by atoms with Gasteiger partial charge in [-0.25, -0.2) is 0 Å². The highest BCUT2D eigenvalue weighted by Crippen LogP contribution is 2.24. The van der Waals surface area contributed by atoms with Crippen molar-refractivity contribution in [2.75, 3.05) is 0 Å². The lowest BCUT2D eigenvalue weighted by molar-refractivity contribution is 0.388. The number of rotatable bonds is 5. The number of hydrogen-bond acceptors (Lipinski definition) is 2. The molecular weight excluding hydrogens is 222 g/mol. The molecule has 0 spiro atoms. The van der Waals surface area contributed by atoms with E-state index in [9.17, 15) is 0 Å². The summed E-state index contributed by atoms with van der Waals surface area (Å²) in [6.07, 6.45) is 3.35. The molecule has 1 heterocycles. The molecule has 1 rings (SSSR count). The van der Waals surface area contributed by atoms with Crippen molar-refractivity contribution < 1.29 is 0 Å². The normalized spacial score (nSPS) is 15.7. The molecule has 0 aliphatic rings. The van der Waals surface area contributed by atoms with Crippen LogP contribution in [0.4, 0.5) is 0 Å². The summed E-state index contributed by atoms with van der Waals surface area (Å²) >= 11 is 0. The van der Waals surface area contributed by atoms with Crippen molar-refractivity contribution in [3.63, 3.8) is 0 Å². The highest BCUT2D eigenvalue weighted by Gasteiger charge is 2.22. The summed E-state index contributed by atoms with van der Waals surface area (Å²) in [5.41, 5.74) is 2.63. The fourth-order valence-corrected chi connectivity index (χ4v) is 2.12. The van der Waals surface area contributed by atoms with Gasteiger partial charge in [-0.1, -0.05) is 41.0 Å². The van der Waals surface area contributed by atoms with Gasteiger partial charge in [0, 0.05) is 36.8 Å². The van der Waals surface area contributed by atoms with Crippen molar-refractivity contribution in [3.8, 4) is 0 Å². The minimum atomic E-state index is 0.109. The third kappa shape index (κ3) is 3.84. The highest BCUT2D eigenvalue weighted by atomic mass is 15.3. The van der Waals surface area contributed by atoms with Gasteiger partial charge >= 0.3 is 0 Å². The Labute approximate surface area is 112 Å². The fourth-order valence-electron chi connectivity index (χ4n) is 2.12. The molecule has 0 fully saturated rings. The van der Waals surface area contributed by atoms with Crippen LogP contribution in [-0.4, -0.2) is 15.8 Å². The second-order valence-corrected chi connectivity index (χ2v) is 6.48. The predicted octanol–water partition coefficient (Wildman–Crippen LogP) is 3.24. The van der Waals surface area contributed by atoms with Gasteiger partial charge in [-0.05, 0) is 12.8 Å². The van der Waals surface area contributed by atoms with E-state index in [1.54, 1.807) is 0 Å². The molecule has 104 valence electrons. The molecular formula is C15H29N3. The third-order valence-corrected chi connectivity index (χ3v) is 3.73. The van der Waals surface area contributed by atoms with E-state index < -0.39 is 0 Å². The molecule has 0 amide bonds. The van der Waals surface area contributed by atoms with Crippen LogP contribution in [0.25, 0.3) is 0 Å². The molecule has 0 radical (unpaired) electrons. The largest absolute Gasteiger partial charge is 0.310 e. The van der Waals surface area contributed by atoms with E-state index >= 15 is 0 Å². The first kappa shape index (κ1) is 15.2. The molecule has 3 heteroatoms.